The predicted molar refractivity (Wildman–Crippen MR) is 108 cm³/mol. The Morgan fingerprint density at radius 1 is 1.13 bits per heavy atom. The van der Waals surface area contributed by atoms with Gasteiger partial charge in [0.05, 0.1) is 5.75 Å². The Hall–Kier alpha value is -3.41. The number of hydrogen-bond donors (Lipinski definition) is 2. The second-order valence-corrected chi connectivity index (χ2v) is 9.24. The van der Waals surface area contributed by atoms with Crippen LogP contribution in [0.1, 0.15) is 22.8 Å². The Morgan fingerprint density at radius 3 is 2.45 bits per heavy atom. The molecule has 1 aromatic carbocycles. The van der Waals surface area contributed by atoms with Gasteiger partial charge in [0.25, 0.3) is 0 Å². The number of benzene rings is 1. The van der Waals surface area contributed by atoms with Gasteiger partial charge in [-0.2, -0.15) is 18.9 Å². The summed E-state index contributed by atoms with van der Waals surface area (Å²) in [6.07, 6.45) is 1.06. The maximum Gasteiger partial charge on any atom is 0.331 e. The number of nitrogens with one attached hydrogen (secondary N) is 2. The molecular formula is C19H17F3N6O2S. The van der Waals surface area contributed by atoms with Crippen molar-refractivity contribution in [3.05, 3.63) is 71.1 Å². The molecule has 0 fully saturated rings. The number of rotatable bonds is 6. The van der Waals surface area contributed by atoms with Crippen LogP contribution in [0.4, 0.5) is 24.9 Å². The van der Waals surface area contributed by atoms with Crippen molar-refractivity contribution in [3.63, 3.8) is 0 Å². The van der Waals surface area contributed by atoms with Gasteiger partial charge in [-0.25, -0.2) is 17.8 Å². The lowest BCUT2D eigenvalue weighted by molar-refractivity contribution is 0.0330. The molecule has 0 saturated carbocycles. The molecule has 8 nitrogen and oxygen atoms in total. The number of sulfone groups is 1. The molecule has 3 heterocycles. The third kappa shape index (κ3) is 4.24. The summed E-state index contributed by atoms with van der Waals surface area (Å²) < 4.78 is 68.4. The van der Waals surface area contributed by atoms with E-state index in [1.165, 1.54) is 16.5 Å². The molecule has 0 saturated heterocycles. The number of anilines is 2. The number of aromatic amines is 1. The van der Waals surface area contributed by atoms with E-state index in [1.54, 1.807) is 13.0 Å². The summed E-state index contributed by atoms with van der Waals surface area (Å²) in [6, 6.07) is 8.30. The first-order chi connectivity index (χ1) is 14.5. The minimum absolute atomic E-state index is 0.0696. The van der Waals surface area contributed by atoms with Gasteiger partial charge in [0.1, 0.15) is 11.5 Å². The maximum absolute atomic E-state index is 15.1. The van der Waals surface area contributed by atoms with Crippen LogP contribution in [-0.4, -0.2) is 39.2 Å². The van der Waals surface area contributed by atoms with E-state index in [0.717, 1.165) is 30.5 Å². The van der Waals surface area contributed by atoms with E-state index in [0.29, 0.717) is 17.2 Å². The summed E-state index contributed by atoms with van der Waals surface area (Å²) in [7, 11) is -3.42. The molecule has 0 atom stereocenters. The Kier molecular flexibility index (Phi) is 4.96. The molecule has 3 aromatic heterocycles. The molecule has 0 bridgehead atoms. The van der Waals surface area contributed by atoms with Gasteiger partial charge in [-0.05, 0) is 43.3 Å². The van der Waals surface area contributed by atoms with E-state index >= 15 is 8.78 Å². The van der Waals surface area contributed by atoms with E-state index in [4.69, 9.17) is 0 Å². The molecule has 0 radical (unpaired) electrons. The molecule has 12 heteroatoms. The third-order valence-electron chi connectivity index (χ3n) is 4.43. The monoisotopic (exact) mass is 450 g/mol. The number of aryl methyl sites for hydroxylation is 1. The first kappa shape index (κ1) is 20.8. The number of hydrogen-bond acceptors (Lipinski definition) is 6. The second-order valence-electron chi connectivity index (χ2n) is 7.10. The minimum Gasteiger partial charge on any atom is -0.308 e. The second kappa shape index (κ2) is 7.38. The molecule has 0 aliphatic carbocycles. The quantitative estimate of drug-likeness (QED) is 0.467. The van der Waals surface area contributed by atoms with Crippen molar-refractivity contribution in [1.29, 1.82) is 0 Å². The normalized spacial score (nSPS) is 12.4. The minimum atomic E-state index is -3.63. The van der Waals surface area contributed by atoms with Crippen LogP contribution in [0.2, 0.25) is 0 Å². The number of fused-ring (bicyclic) bond motifs is 1. The summed E-state index contributed by atoms with van der Waals surface area (Å²) in [6.45, 7) is 1.76. The number of aromatic nitrogens is 5. The van der Waals surface area contributed by atoms with Crippen LogP contribution in [0.5, 0.6) is 0 Å². The molecule has 2 N–H and O–H groups in total. The van der Waals surface area contributed by atoms with Crippen molar-refractivity contribution in [2.75, 3.05) is 11.6 Å². The van der Waals surface area contributed by atoms with E-state index in [1.807, 2.05) is 0 Å². The van der Waals surface area contributed by atoms with Gasteiger partial charge in [0.15, 0.2) is 15.7 Å². The van der Waals surface area contributed by atoms with E-state index in [-0.39, 0.29) is 17.3 Å². The lowest BCUT2D eigenvalue weighted by Gasteiger charge is -2.18. The summed E-state index contributed by atoms with van der Waals surface area (Å²) in [5.74, 6) is -5.24. The van der Waals surface area contributed by atoms with Crippen LogP contribution in [0.3, 0.4) is 0 Å². The average Bonchev–Trinajstić information content (AvgIpc) is 3.27. The highest BCUT2D eigenvalue weighted by Gasteiger charge is 2.38. The highest BCUT2D eigenvalue weighted by molar-refractivity contribution is 7.89. The lowest BCUT2D eigenvalue weighted by atomic mass is 10.1. The topological polar surface area (TPSA) is 105 Å². The highest BCUT2D eigenvalue weighted by Crippen LogP contribution is 2.35. The van der Waals surface area contributed by atoms with Crippen molar-refractivity contribution in [3.8, 4) is 0 Å². The average molecular weight is 450 g/mol. The van der Waals surface area contributed by atoms with Crippen molar-refractivity contribution < 1.29 is 21.6 Å². The van der Waals surface area contributed by atoms with Crippen molar-refractivity contribution in [1.82, 2.24) is 24.6 Å². The zero-order chi connectivity index (χ0) is 22.4. The van der Waals surface area contributed by atoms with Crippen LogP contribution in [-0.2, 0) is 21.5 Å². The van der Waals surface area contributed by atoms with Gasteiger partial charge >= 0.3 is 5.92 Å². The molecule has 0 aliphatic heterocycles. The fraction of sp³-hybridized carbons (Fsp3) is 0.211. The fourth-order valence-electron chi connectivity index (χ4n) is 3.07. The Labute approximate surface area is 175 Å². The zero-order valence-corrected chi connectivity index (χ0v) is 17.2. The van der Waals surface area contributed by atoms with E-state index in [2.05, 4.69) is 25.5 Å². The lowest BCUT2D eigenvalue weighted by Crippen LogP contribution is -2.21. The zero-order valence-electron chi connectivity index (χ0n) is 16.4. The third-order valence-corrected chi connectivity index (χ3v) is 5.25. The first-order valence-electron chi connectivity index (χ1n) is 9.02. The fourth-order valence-corrected chi connectivity index (χ4v) is 3.84. The first-order valence-corrected chi connectivity index (χ1v) is 11.1. The number of H-pyrrole nitrogens is 1. The van der Waals surface area contributed by atoms with Gasteiger partial charge in [-0.3, -0.25) is 9.50 Å². The molecule has 0 spiro atoms. The van der Waals surface area contributed by atoms with Crippen molar-refractivity contribution >= 4 is 27.3 Å². The van der Waals surface area contributed by atoms with Crippen molar-refractivity contribution in [2.45, 2.75) is 18.6 Å². The number of halogens is 3. The van der Waals surface area contributed by atoms with Gasteiger partial charge in [0.2, 0.25) is 11.8 Å². The Balaban J connectivity index is 1.89. The summed E-state index contributed by atoms with van der Waals surface area (Å²) in [5.41, 5.74) is 0.598. The molecule has 0 amide bonds. The molecule has 162 valence electrons. The summed E-state index contributed by atoms with van der Waals surface area (Å²) in [5, 5.41) is 9.56. The molecule has 4 rings (SSSR count). The van der Waals surface area contributed by atoms with Gasteiger partial charge in [-0.15, -0.1) is 0 Å². The summed E-state index contributed by atoms with van der Waals surface area (Å²) >= 11 is 0. The van der Waals surface area contributed by atoms with Gasteiger partial charge in [0, 0.05) is 29.3 Å². The Morgan fingerprint density at radius 2 is 1.84 bits per heavy atom. The molecule has 0 unspecified atom stereocenters. The molecule has 31 heavy (non-hydrogen) atoms. The van der Waals surface area contributed by atoms with E-state index in [9.17, 15) is 12.8 Å². The van der Waals surface area contributed by atoms with Crippen LogP contribution < -0.4 is 5.32 Å². The SMILES string of the molecule is Cc1cc(Nc2nc(C(F)(F)c3ccc(F)cc3)nc3ccc(CS(C)(=O)=O)n23)n[nH]1. The predicted octanol–water partition coefficient (Wildman–Crippen LogP) is 3.33. The van der Waals surface area contributed by atoms with Crippen LogP contribution in [0.25, 0.3) is 5.65 Å². The summed E-state index contributed by atoms with van der Waals surface area (Å²) in [4.78, 5) is 7.94. The number of alkyl halides is 2. The van der Waals surface area contributed by atoms with Crippen LogP contribution in [0, 0.1) is 12.7 Å². The largest absolute Gasteiger partial charge is 0.331 e. The van der Waals surface area contributed by atoms with Crippen molar-refractivity contribution in [2.24, 2.45) is 0 Å². The molecule has 4 aromatic rings. The van der Waals surface area contributed by atoms with E-state index < -0.39 is 33.0 Å². The maximum atomic E-state index is 15.1. The Bertz CT molecular complexity index is 1360. The highest BCUT2D eigenvalue weighted by atomic mass is 32.2. The number of nitrogens with zero attached hydrogens (tertiary/aromatic N) is 4. The van der Waals surface area contributed by atoms with Crippen LogP contribution >= 0.6 is 0 Å². The standard InChI is InChI=1S/C19H17F3N6O2S/c1-11-9-15(27-26-11)23-18-25-17(19(21,22)12-3-5-13(20)6-4-12)24-16-8-7-14(28(16)18)10-31(2,29)30/h3-9H,10H2,1-2H3,(H2,23,24,25,26,27). The molecule has 0 aliphatic rings. The van der Waals surface area contributed by atoms with Crippen LogP contribution in [0.15, 0.2) is 42.5 Å². The van der Waals surface area contributed by atoms with Gasteiger partial charge in [-0.1, -0.05) is 0 Å². The smallest absolute Gasteiger partial charge is 0.308 e. The van der Waals surface area contributed by atoms with Gasteiger partial charge < -0.3 is 5.32 Å². The molecular weight excluding hydrogens is 433 g/mol.